The molecule has 20 heavy (non-hydrogen) atoms. The fourth-order valence-electron chi connectivity index (χ4n) is 1.50. The fraction of sp³-hybridized carbons (Fsp3) is 0. The first kappa shape index (κ1) is 14.7. The van der Waals surface area contributed by atoms with E-state index in [9.17, 15) is 17.2 Å². The molecule has 0 radical (unpaired) electrons. The molecule has 2 aromatic carbocycles. The first-order valence-corrected chi connectivity index (χ1v) is 7.60. The van der Waals surface area contributed by atoms with Crippen molar-refractivity contribution in [2.24, 2.45) is 0 Å². The van der Waals surface area contributed by atoms with E-state index in [-0.39, 0.29) is 5.69 Å². The summed E-state index contributed by atoms with van der Waals surface area (Å²) in [6.07, 6.45) is 0. The van der Waals surface area contributed by atoms with Crippen LogP contribution in [-0.4, -0.2) is 8.42 Å². The summed E-state index contributed by atoms with van der Waals surface area (Å²) in [4.78, 5) is -0.763. The quantitative estimate of drug-likeness (QED) is 0.824. The summed E-state index contributed by atoms with van der Waals surface area (Å²) in [6.45, 7) is 0. The third-order valence-corrected chi connectivity index (χ3v) is 4.46. The van der Waals surface area contributed by atoms with Gasteiger partial charge >= 0.3 is 0 Å². The number of benzene rings is 2. The van der Waals surface area contributed by atoms with Crippen LogP contribution in [0.15, 0.2) is 45.8 Å². The normalized spacial score (nSPS) is 11.3. The molecular weight excluding hydrogens is 354 g/mol. The van der Waals surface area contributed by atoms with Crippen LogP contribution in [-0.2, 0) is 10.0 Å². The monoisotopic (exact) mass is 362 g/mol. The predicted molar refractivity (Wildman–Crippen MR) is 75.7 cm³/mol. The van der Waals surface area contributed by atoms with E-state index in [0.29, 0.717) is 16.2 Å². The molecule has 2 aromatic rings. The van der Waals surface area contributed by atoms with E-state index in [1.807, 2.05) is 0 Å². The Morgan fingerprint density at radius 3 is 2.45 bits per heavy atom. The molecule has 0 unspecified atom stereocenters. The molecule has 0 fully saturated rings. The summed E-state index contributed by atoms with van der Waals surface area (Å²) in [7, 11) is -4.24. The minimum Gasteiger partial charge on any atom is -0.399 e. The molecule has 0 saturated heterocycles. The highest BCUT2D eigenvalue weighted by Crippen LogP contribution is 2.27. The Kier molecular flexibility index (Phi) is 3.96. The highest BCUT2D eigenvalue weighted by atomic mass is 79.9. The Bertz CT molecular complexity index is 766. The zero-order valence-corrected chi connectivity index (χ0v) is 12.3. The second kappa shape index (κ2) is 5.37. The van der Waals surface area contributed by atoms with Crippen LogP contribution in [0.25, 0.3) is 0 Å². The van der Waals surface area contributed by atoms with Gasteiger partial charge in [0.25, 0.3) is 10.0 Å². The third-order valence-electron chi connectivity index (χ3n) is 2.42. The number of hydrogen-bond donors (Lipinski definition) is 2. The Balaban J connectivity index is 2.43. The lowest BCUT2D eigenvalue weighted by Crippen LogP contribution is -2.15. The highest BCUT2D eigenvalue weighted by Gasteiger charge is 2.21. The van der Waals surface area contributed by atoms with Gasteiger partial charge in [-0.2, -0.15) is 0 Å². The van der Waals surface area contributed by atoms with Crippen molar-refractivity contribution in [1.82, 2.24) is 0 Å². The van der Waals surface area contributed by atoms with Crippen molar-refractivity contribution < 1.29 is 17.2 Å². The molecule has 0 heterocycles. The van der Waals surface area contributed by atoms with Gasteiger partial charge in [0, 0.05) is 10.2 Å². The van der Waals surface area contributed by atoms with Gasteiger partial charge in [0.15, 0.2) is 0 Å². The van der Waals surface area contributed by atoms with E-state index in [2.05, 4.69) is 20.7 Å². The molecule has 0 spiro atoms. The van der Waals surface area contributed by atoms with Crippen molar-refractivity contribution in [3.05, 3.63) is 52.5 Å². The summed E-state index contributed by atoms with van der Waals surface area (Å²) >= 11 is 3.13. The molecule has 3 N–H and O–H groups in total. The molecule has 2 rings (SSSR count). The summed E-state index contributed by atoms with van der Waals surface area (Å²) in [5.41, 5.74) is 6.13. The van der Waals surface area contributed by atoms with E-state index in [1.54, 1.807) is 0 Å². The Hall–Kier alpha value is -1.67. The molecule has 0 aromatic heterocycles. The van der Waals surface area contributed by atoms with Crippen LogP contribution in [0.4, 0.5) is 20.2 Å². The second-order valence-corrected chi connectivity index (χ2v) is 6.42. The third kappa shape index (κ3) is 3.07. The Morgan fingerprint density at radius 2 is 1.80 bits per heavy atom. The maximum atomic E-state index is 13.5. The van der Waals surface area contributed by atoms with Gasteiger partial charge in [-0.25, -0.2) is 17.2 Å². The zero-order chi connectivity index (χ0) is 14.9. The lowest BCUT2D eigenvalue weighted by atomic mass is 10.3. The topological polar surface area (TPSA) is 72.2 Å². The molecule has 0 aliphatic heterocycles. The number of halogens is 3. The second-order valence-electron chi connectivity index (χ2n) is 3.92. The van der Waals surface area contributed by atoms with Crippen molar-refractivity contribution in [3.63, 3.8) is 0 Å². The molecule has 4 nitrogen and oxygen atoms in total. The first-order chi connectivity index (χ1) is 9.29. The minimum absolute atomic E-state index is 0.169. The number of nitrogen functional groups attached to an aromatic ring is 1. The molecule has 0 bridgehead atoms. The average Bonchev–Trinajstić information content (AvgIpc) is 2.35. The summed E-state index contributed by atoms with van der Waals surface area (Å²) in [5.74, 6) is -1.88. The van der Waals surface area contributed by atoms with Gasteiger partial charge in [-0.05, 0) is 52.3 Å². The van der Waals surface area contributed by atoms with Crippen molar-refractivity contribution in [2.75, 3.05) is 10.5 Å². The molecule has 0 aliphatic carbocycles. The van der Waals surface area contributed by atoms with E-state index >= 15 is 0 Å². The van der Waals surface area contributed by atoms with E-state index < -0.39 is 26.6 Å². The lowest BCUT2D eigenvalue weighted by molar-refractivity contribution is 0.555. The van der Waals surface area contributed by atoms with Crippen LogP contribution in [0, 0.1) is 11.6 Å². The summed E-state index contributed by atoms with van der Waals surface area (Å²) in [6, 6.07) is 6.58. The molecule has 106 valence electrons. The van der Waals surface area contributed by atoms with Gasteiger partial charge in [0.05, 0.1) is 5.69 Å². The number of rotatable bonds is 3. The smallest absolute Gasteiger partial charge is 0.264 e. The predicted octanol–water partition coefficient (Wildman–Crippen LogP) is 3.11. The number of nitrogens with one attached hydrogen (secondary N) is 1. The molecule has 8 heteroatoms. The van der Waals surface area contributed by atoms with Gasteiger partial charge in [-0.3, -0.25) is 4.72 Å². The Labute approximate surface area is 122 Å². The van der Waals surface area contributed by atoms with Crippen LogP contribution in [0.2, 0.25) is 0 Å². The minimum atomic E-state index is -4.24. The molecule has 0 aliphatic rings. The van der Waals surface area contributed by atoms with E-state index in [4.69, 9.17) is 5.73 Å². The van der Waals surface area contributed by atoms with Crippen molar-refractivity contribution in [1.29, 1.82) is 0 Å². The van der Waals surface area contributed by atoms with Crippen molar-refractivity contribution >= 4 is 37.3 Å². The van der Waals surface area contributed by atoms with Crippen LogP contribution in [0.1, 0.15) is 0 Å². The number of nitrogens with two attached hydrogens (primary N) is 1. The van der Waals surface area contributed by atoms with E-state index in [1.165, 1.54) is 18.2 Å². The van der Waals surface area contributed by atoms with Crippen molar-refractivity contribution in [2.45, 2.75) is 4.90 Å². The van der Waals surface area contributed by atoms with E-state index in [0.717, 1.165) is 12.1 Å². The molecule has 0 atom stereocenters. The fourth-order valence-corrected chi connectivity index (χ4v) is 3.29. The maximum Gasteiger partial charge on any atom is 0.264 e. The van der Waals surface area contributed by atoms with Crippen LogP contribution < -0.4 is 10.5 Å². The molecular formula is C12H9BrF2N2O2S. The van der Waals surface area contributed by atoms with Crippen LogP contribution in [0.5, 0.6) is 0 Å². The van der Waals surface area contributed by atoms with Crippen molar-refractivity contribution in [3.8, 4) is 0 Å². The molecule has 0 amide bonds. The summed E-state index contributed by atoms with van der Waals surface area (Å²) in [5, 5.41) is 0. The van der Waals surface area contributed by atoms with Gasteiger partial charge in [0.2, 0.25) is 0 Å². The maximum absolute atomic E-state index is 13.5. The SMILES string of the molecule is Nc1ccc(NS(=O)(=O)c2cc(F)ccc2F)c(Br)c1. The average molecular weight is 363 g/mol. The lowest BCUT2D eigenvalue weighted by Gasteiger charge is -2.11. The summed E-state index contributed by atoms with van der Waals surface area (Å²) < 4.78 is 53.2. The van der Waals surface area contributed by atoms with Gasteiger partial charge in [-0.1, -0.05) is 0 Å². The van der Waals surface area contributed by atoms with Crippen LogP contribution in [0.3, 0.4) is 0 Å². The standard InChI is InChI=1S/C12H9BrF2N2O2S/c13-9-6-8(16)2-4-11(9)17-20(18,19)12-5-7(14)1-3-10(12)15/h1-6,17H,16H2. The number of hydrogen-bond acceptors (Lipinski definition) is 3. The van der Waals surface area contributed by atoms with Gasteiger partial charge < -0.3 is 5.73 Å². The van der Waals surface area contributed by atoms with Gasteiger partial charge in [0.1, 0.15) is 16.5 Å². The molecule has 0 saturated carbocycles. The Morgan fingerprint density at radius 1 is 1.10 bits per heavy atom. The largest absolute Gasteiger partial charge is 0.399 e. The number of sulfonamides is 1. The number of anilines is 2. The highest BCUT2D eigenvalue weighted by molar-refractivity contribution is 9.10. The first-order valence-electron chi connectivity index (χ1n) is 5.32. The zero-order valence-electron chi connectivity index (χ0n) is 9.90. The van der Waals surface area contributed by atoms with Gasteiger partial charge in [-0.15, -0.1) is 0 Å². The van der Waals surface area contributed by atoms with Crippen LogP contribution >= 0.6 is 15.9 Å².